The van der Waals surface area contributed by atoms with Crippen molar-refractivity contribution in [1.82, 2.24) is 0 Å². The van der Waals surface area contributed by atoms with E-state index in [1.807, 2.05) is 0 Å². The van der Waals surface area contributed by atoms with Crippen LogP contribution in [0.2, 0.25) is 0 Å². The van der Waals surface area contributed by atoms with Gasteiger partial charge in [-0.05, 0) is 42.5 Å². The second kappa shape index (κ2) is 11.1. The molecular weight excluding hydrogens is 458 g/mol. The number of carbonyl (C=O) groups is 4. The fraction of sp³-hybridized carbons (Fsp3) is 0.238. The average Bonchev–Trinajstić information content (AvgIpc) is 2.75. The average molecular weight is 478 g/mol. The molecule has 0 aliphatic heterocycles. The first-order chi connectivity index (χ1) is 14.3. The summed E-state index contributed by atoms with van der Waals surface area (Å²) in [7, 11) is 2.73. The molecule has 1 amide bonds. The van der Waals surface area contributed by atoms with E-state index in [2.05, 4.69) is 26.0 Å². The van der Waals surface area contributed by atoms with Crippen LogP contribution in [0.3, 0.4) is 0 Å². The van der Waals surface area contributed by atoms with Gasteiger partial charge in [0.1, 0.15) is 5.75 Å². The van der Waals surface area contributed by atoms with Crippen LogP contribution in [0.25, 0.3) is 0 Å². The third-order valence-corrected chi connectivity index (χ3v) is 4.47. The molecule has 0 fully saturated rings. The summed E-state index contributed by atoms with van der Waals surface area (Å²) in [5.74, 6) is -1.58. The number of ether oxygens (including phenoxy) is 3. The Morgan fingerprint density at radius 1 is 0.967 bits per heavy atom. The molecule has 2 rings (SSSR count). The number of esters is 2. The van der Waals surface area contributed by atoms with Crippen molar-refractivity contribution in [2.24, 2.45) is 0 Å². The van der Waals surface area contributed by atoms with Gasteiger partial charge in [0, 0.05) is 16.6 Å². The van der Waals surface area contributed by atoms with Crippen molar-refractivity contribution < 1.29 is 33.4 Å². The first-order valence-electron chi connectivity index (χ1n) is 8.84. The lowest BCUT2D eigenvalue weighted by Crippen LogP contribution is -2.21. The van der Waals surface area contributed by atoms with Gasteiger partial charge < -0.3 is 19.5 Å². The van der Waals surface area contributed by atoms with Crippen LogP contribution in [-0.2, 0) is 19.1 Å². The summed E-state index contributed by atoms with van der Waals surface area (Å²) in [6, 6.07) is 11.0. The highest BCUT2D eigenvalue weighted by Crippen LogP contribution is 2.24. The van der Waals surface area contributed by atoms with Crippen LogP contribution in [0.1, 0.15) is 33.6 Å². The van der Waals surface area contributed by atoms with Gasteiger partial charge in [-0.2, -0.15) is 0 Å². The number of anilines is 1. The number of methoxy groups -OCH3 is 2. The predicted molar refractivity (Wildman–Crippen MR) is 112 cm³/mol. The molecule has 158 valence electrons. The summed E-state index contributed by atoms with van der Waals surface area (Å²) in [5, 5.41) is 2.54. The number of halogens is 1. The van der Waals surface area contributed by atoms with Crippen LogP contribution < -0.4 is 10.1 Å². The standard InChI is InChI=1S/C21H20BrNO7/c1-28-18-9-5-14(22)11-16(18)17(24)8-10-20(26)30-12-19(25)23-15-6-3-13(4-7-15)21(27)29-2/h3-7,9,11H,8,10,12H2,1-2H3,(H,23,25). The lowest BCUT2D eigenvalue weighted by molar-refractivity contribution is -0.147. The van der Waals surface area contributed by atoms with E-state index in [0.717, 1.165) is 0 Å². The quantitative estimate of drug-likeness (QED) is 0.435. The molecule has 0 aromatic heterocycles. The van der Waals surface area contributed by atoms with Crippen molar-refractivity contribution in [3.8, 4) is 5.75 Å². The Hall–Kier alpha value is -3.20. The summed E-state index contributed by atoms with van der Waals surface area (Å²) in [6.07, 6.45) is -0.252. The van der Waals surface area contributed by atoms with E-state index in [0.29, 0.717) is 27.0 Å². The second-order valence-electron chi connectivity index (χ2n) is 6.05. The van der Waals surface area contributed by atoms with Crippen molar-refractivity contribution in [2.75, 3.05) is 26.1 Å². The largest absolute Gasteiger partial charge is 0.496 e. The van der Waals surface area contributed by atoms with Gasteiger partial charge >= 0.3 is 11.9 Å². The van der Waals surface area contributed by atoms with E-state index < -0.39 is 24.5 Å². The molecule has 9 heteroatoms. The van der Waals surface area contributed by atoms with E-state index in [1.165, 1.54) is 38.5 Å². The minimum absolute atomic E-state index is 0.0811. The van der Waals surface area contributed by atoms with Gasteiger partial charge in [-0.1, -0.05) is 15.9 Å². The summed E-state index contributed by atoms with van der Waals surface area (Å²) in [5.41, 5.74) is 1.13. The third-order valence-electron chi connectivity index (χ3n) is 3.97. The van der Waals surface area contributed by atoms with E-state index in [-0.39, 0.29) is 18.6 Å². The van der Waals surface area contributed by atoms with Gasteiger partial charge in [-0.25, -0.2) is 4.79 Å². The number of nitrogens with one attached hydrogen (secondary N) is 1. The molecule has 2 aromatic rings. The maximum Gasteiger partial charge on any atom is 0.337 e. The molecule has 0 atom stereocenters. The molecule has 1 N–H and O–H groups in total. The highest BCUT2D eigenvalue weighted by atomic mass is 79.9. The number of rotatable bonds is 9. The number of hydrogen-bond donors (Lipinski definition) is 1. The number of Topliss-reactive ketones (excluding diaryl/α,β-unsaturated/α-hetero) is 1. The van der Waals surface area contributed by atoms with Crippen molar-refractivity contribution >= 4 is 45.2 Å². The predicted octanol–water partition coefficient (Wildman–Crippen LogP) is 3.39. The topological polar surface area (TPSA) is 108 Å². The first-order valence-corrected chi connectivity index (χ1v) is 9.64. The first kappa shape index (κ1) is 23.1. The highest BCUT2D eigenvalue weighted by molar-refractivity contribution is 9.10. The van der Waals surface area contributed by atoms with Crippen LogP contribution in [0.5, 0.6) is 5.75 Å². The van der Waals surface area contributed by atoms with E-state index in [4.69, 9.17) is 9.47 Å². The van der Waals surface area contributed by atoms with Gasteiger partial charge in [0.15, 0.2) is 12.4 Å². The molecule has 30 heavy (non-hydrogen) atoms. The summed E-state index contributed by atoms with van der Waals surface area (Å²) >= 11 is 3.29. The van der Waals surface area contributed by atoms with Gasteiger partial charge in [0.2, 0.25) is 0 Å². The maximum atomic E-state index is 12.3. The molecule has 0 saturated heterocycles. The Balaban J connectivity index is 1.79. The number of amides is 1. The van der Waals surface area contributed by atoms with Crippen LogP contribution in [-0.4, -0.2) is 44.5 Å². The molecule has 0 unspecified atom stereocenters. The Labute approximate surface area is 181 Å². The molecule has 0 heterocycles. The second-order valence-corrected chi connectivity index (χ2v) is 6.96. The maximum absolute atomic E-state index is 12.3. The van der Waals surface area contributed by atoms with Crippen molar-refractivity contribution in [1.29, 1.82) is 0 Å². The number of ketones is 1. The smallest absolute Gasteiger partial charge is 0.337 e. The Morgan fingerprint density at radius 3 is 2.30 bits per heavy atom. The summed E-state index contributed by atoms with van der Waals surface area (Å²) in [6.45, 7) is -0.494. The van der Waals surface area contributed by atoms with Gasteiger partial charge in [-0.3, -0.25) is 14.4 Å². The van der Waals surface area contributed by atoms with Crippen LogP contribution in [0.4, 0.5) is 5.69 Å². The molecule has 0 aliphatic carbocycles. The number of carbonyl (C=O) groups excluding carboxylic acids is 4. The fourth-order valence-electron chi connectivity index (χ4n) is 2.47. The monoisotopic (exact) mass is 477 g/mol. The lowest BCUT2D eigenvalue weighted by Gasteiger charge is -2.09. The number of hydrogen-bond acceptors (Lipinski definition) is 7. The Bertz CT molecular complexity index is 941. The molecule has 0 radical (unpaired) electrons. The van der Waals surface area contributed by atoms with Crippen molar-refractivity contribution in [2.45, 2.75) is 12.8 Å². The Kier molecular flexibility index (Phi) is 8.54. The molecule has 0 saturated carbocycles. The molecule has 0 spiro atoms. The van der Waals surface area contributed by atoms with Gasteiger partial charge in [0.05, 0.1) is 31.8 Å². The number of benzene rings is 2. The molecule has 0 bridgehead atoms. The van der Waals surface area contributed by atoms with Crippen LogP contribution in [0, 0.1) is 0 Å². The van der Waals surface area contributed by atoms with E-state index >= 15 is 0 Å². The van der Waals surface area contributed by atoms with E-state index in [1.54, 1.807) is 18.2 Å². The van der Waals surface area contributed by atoms with Crippen LogP contribution in [0.15, 0.2) is 46.9 Å². The van der Waals surface area contributed by atoms with Crippen molar-refractivity contribution in [3.63, 3.8) is 0 Å². The Morgan fingerprint density at radius 2 is 1.67 bits per heavy atom. The zero-order chi connectivity index (χ0) is 22.1. The highest BCUT2D eigenvalue weighted by Gasteiger charge is 2.16. The van der Waals surface area contributed by atoms with Gasteiger partial charge in [-0.15, -0.1) is 0 Å². The minimum Gasteiger partial charge on any atom is -0.496 e. The fourth-order valence-corrected chi connectivity index (χ4v) is 2.83. The summed E-state index contributed by atoms with van der Waals surface area (Å²) < 4.78 is 15.4. The normalized spacial score (nSPS) is 10.1. The minimum atomic E-state index is -0.673. The van der Waals surface area contributed by atoms with Gasteiger partial charge in [0.25, 0.3) is 5.91 Å². The summed E-state index contributed by atoms with van der Waals surface area (Å²) in [4.78, 5) is 47.5. The lowest BCUT2D eigenvalue weighted by atomic mass is 10.1. The molecule has 8 nitrogen and oxygen atoms in total. The third kappa shape index (κ3) is 6.70. The zero-order valence-corrected chi connectivity index (χ0v) is 18.0. The molecule has 2 aromatic carbocycles. The molecular formula is C21H20BrNO7. The van der Waals surface area contributed by atoms with Crippen molar-refractivity contribution in [3.05, 3.63) is 58.1 Å². The zero-order valence-electron chi connectivity index (χ0n) is 16.4. The van der Waals surface area contributed by atoms with E-state index in [9.17, 15) is 19.2 Å². The van der Waals surface area contributed by atoms with Crippen LogP contribution >= 0.6 is 15.9 Å². The SMILES string of the molecule is COC(=O)c1ccc(NC(=O)COC(=O)CCC(=O)c2cc(Br)ccc2OC)cc1. The molecule has 0 aliphatic rings.